The van der Waals surface area contributed by atoms with Crippen LogP contribution in [0.25, 0.3) is 11.4 Å². The molecular formula is C21H26N4O2. The third kappa shape index (κ3) is 3.81. The van der Waals surface area contributed by atoms with Gasteiger partial charge in [-0.25, -0.2) is 9.97 Å². The second-order valence-electron chi connectivity index (χ2n) is 7.10. The standard InChI is InChI=1S/C21H26N4O2/c1-2-27-21(26)16-9-12-25(13-10-16)20-17-14-22-11-8-18(17)23-19(24-20)15-6-4-3-5-7-15/h3-7,16,22H,2,8-14H2,1H3. The summed E-state index contributed by atoms with van der Waals surface area (Å²) < 4.78 is 5.20. The Labute approximate surface area is 160 Å². The van der Waals surface area contributed by atoms with Crippen LogP contribution in [0.1, 0.15) is 31.0 Å². The zero-order valence-corrected chi connectivity index (χ0v) is 15.8. The first kappa shape index (κ1) is 17.9. The van der Waals surface area contributed by atoms with Gasteiger partial charge < -0.3 is 15.0 Å². The van der Waals surface area contributed by atoms with Gasteiger partial charge in [0.05, 0.1) is 18.2 Å². The van der Waals surface area contributed by atoms with Crippen LogP contribution in [0.3, 0.4) is 0 Å². The molecule has 2 aromatic rings. The number of carbonyl (C=O) groups excluding carboxylic acids is 1. The molecular weight excluding hydrogens is 340 g/mol. The minimum absolute atomic E-state index is 0.00517. The third-order valence-corrected chi connectivity index (χ3v) is 5.36. The Morgan fingerprint density at radius 2 is 2.00 bits per heavy atom. The van der Waals surface area contributed by atoms with Crippen molar-refractivity contribution in [2.24, 2.45) is 5.92 Å². The molecule has 1 aromatic carbocycles. The lowest BCUT2D eigenvalue weighted by atomic mass is 9.96. The van der Waals surface area contributed by atoms with E-state index >= 15 is 0 Å². The van der Waals surface area contributed by atoms with Crippen LogP contribution in [0.4, 0.5) is 5.82 Å². The van der Waals surface area contributed by atoms with E-state index in [2.05, 4.69) is 22.3 Å². The predicted molar refractivity (Wildman–Crippen MR) is 104 cm³/mol. The highest BCUT2D eigenvalue weighted by atomic mass is 16.5. The van der Waals surface area contributed by atoms with Gasteiger partial charge in [-0.3, -0.25) is 4.79 Å². The molecule has 0 spiro atoms. The molecule has 1 aromatic heterocycles. The molecule has 0 atom stereocenters. The predicted octanol–water partition coefficient (Wildman–Crippen LogP) is 2.57. The molecule has 0 saturated carbocycles. The molecule has 27 heavy (non-hydrogen) atoms. The molecule has 0 amide bonds. The van der Waals surface area contributed by atoms with E-state index in [1.165, 1.54) is 5.56 Å². The lowest BCUT2D eigenvalue weighted by molar-refractivity contribution is -0.148. The Hall–Kier alpha value is -2.47. The van der Waals surface area contributed by atoms with Gasteiger partial charge in [0.1, 0.15) is 5.82 Å². The van der Waals surface area contributed by atoms with Crippen molar-refractivity contribution < 1.29 is 9.53 Å². The number of ether oxygens (including phenoxy) is 1. The van der Waals surface area contributed by atoms with Crippen molar-refractivity contribution >= 4 is 11.8 Å². The molecule has 1 N–H and O–H groups in total. The molecule has 3 heterocycles. The van der Waals surface area contributed by atoms with Crippen LogP contribution in [-0.2, 0) is 22.5 Å². The number of rotatable bonds is 4. The van der Waals surface area contributed by atoms with Crippen molar-refractivity contribution in [3.63, 3.8) is 0 Å². The van der Waals surface area contributed by atoms with Crippen LogP contribution < -0.4 is 10.2 Å². The van der Waals surface area contributed by atoms with Gasteiger partial charge in [-0.05, 0) is 19.8 Å². The molecule has 4 rings (SSSR count). The molecule has 0 radical (unpaired) electrons. The number of benzene rings is 1. The number of piperidine rings is 1. The van der Waals surface area contributed by atoms with Crippen molar-refractivity contribution in [1.29, 1.82) is 0 Å². The van der Waals surface area contributed by atoms with Crippen molar-refractivity contribution in [1.82, 2.24) is 15.3 Å². The van der Waals surface area contributed by atoms with Crippen molar-refractivity contribution in [3.05, 3.63) is 41.6 Å². The highest BCUT2D eigenvalue weighted by Crippen LogP contribution is 2.30. The van der Waals surface area contributed by atoms with Crippen LogP contribution in [0.2, 0.25) is 0 Å². The highest BCUT2D eigenvalue weighted by Gasteiger charge is 2.29. The Bertz CT molecular complexity index is 801. The molecule has 0 bridgehead atoms. The fourth-order valence-corrected chi connectivity index (χ4v) is 3.89. The summed E-state index contributed by atoms with van der Waals surface area (Å²) >= 11 is 0. The Morgan fingerprint density at radius 3 is 2.74 bits per heavy atom. The number of anilines is 1. The topological polar surface area (TPSA) is 67.3 Å². The summed E-state index contributed by atoms with van der Waals surface area (Å²) in [5.74, 6) is 1.76. The van der Waals surface area contributed by atoms with Gasteiger partial charge in [-0.2, -0.15) is 0 Å². The number of carbonyl (C=O) groups is 1. The van der Waals surface area contributed by atoms with Crippen molar-refractivity contribution in [2.75, 3.05) is 31.1 Å². The van der Waals surface area contributed by atoms with E-state index in [0.717, 1.165) is 68.3 Å². The van der Waals surface area contributed by atoms with Crippen LogP contribution in [-0.4, -0.2) is 42.2 Å². The molecule has 0 aliphatic carbocycles. The minimum atomic E-state index is -0.0616. The summed E-state index contributed by atoms with van der Waals surface area (Å²) in [5, 5.41) is 3.44. The summed E-state index contributed by atoms with van der Waals surface area (Å²) in [5.41, 5.74) is 3.39. The average Bonchev–Trinajstić information content (AvgIpc) is 2.74. The van der Waals surface area contributed by atoms with E-state index < -0.39 is 0 Å². The molecule has 0 unspecified atom stereocenters. The Balaban J connectivity index is 1.61. The van der Waals surface area contributed by atoms with Gasteiger partial charge in [0.2, 0.25) is 0 Å². The van der Waals surface area contributed by atoms with Gasteiger partial charge in [0.25, 0.3) is 0 Å². The van der Waals surface area contributed by atoms with Gasteiger partial charge >= 0.3 is 5.97 Å². The monoisotopic (exact) mass is 366 g/mol. The van der Waals surface area contributed by atoms with Crippen LogP contribution in [0, 0.1) is 5.92 Å². The maximum atomic E-state index is 12.0. The number of fused-ring (bicyclic) bond motifs is 1. The zero-order valence-electron chi connectivity index (χ0n) is 15.8. The van der Waals surface area contributed by atoms with Crippen molar-refractivity contribution in [2.45, 2.75) is 32.7 Å². The SMILES string of the molecule is CCOC(=O)C1CCN(c2nc(-c3ccccc3)nc3c2CNCC3)CC1. The molecule has 2 aliphatic rings. The average molecular weight is 366 g/mol. The number of nitrogens with one attached hydrogen (secondary N) is 1. The number of esters is 1. The minimum Gasteiger partial charge on any atom is -0.466 e. The number of hydrogen-bond donors (Lipinski definition) is 1. The second kappa shape index (κ2) is 8.05. The number of hydrogen-bond acceptors (Lipinski definition) is 6. The summed E-state index contributed by atoms with van der Waals surface area (Å²) in [6.07, 6.45) is 2.54. The van der Waals surface area contributed by atoms with E-state index in [4.69, 9.17) is 14.7 Å². The maximum Gasteiger partial charge on any atom is 0.309 e. The summed E-state index contributed by atoms with van der Waals surface area (Å²) in [6.45, 7) is 5.70. The molecule has 6 heteroatoms. The number of nitrogens with zero attached hydrogens (tertiary/aromatic N) is 3. The first-order chi connectivity index (χ1) is 13.3. The smallest absolute Gasteiger partial charge is 0.309 e. The molecule has 142 valence electrons. The van der Waals surface area contributed by atoms with E-state index in [1.807, 2.05) is 25.1 Å². The molecule has 6 nitrogen and oxygen atoms in total. The van der Waals surface area contributed by atoms with Gasteiger partial charge in [-0.1, -0.05) is 30.3 Å². The number of aromatic nitrogens is 2. The van der Waals surface area contributed by atoms with Crippen LogP contribution >= 0.6 is 0 Å². The van der Waals surface area contributed by atoms with Gasteiger partial charge in [0.15, 0.2) is 5.82 Å². The highest BCUT2D eigenvalue weighted by molar-refractivity contribution is 5.73. The van der Waals surface area contributed by atoms with Gasteiger partial charge in [-0.15, -0.1) is 0 Å². The fraction of sp³-hybridized carbons (Fsp3) is 0.476. The first-order valence-corrected chi connectivity index (χ1v) is 9.83. The summed E-state index contributed by atoms with van der Waals surface area (Å²) in [4.78, 5) is 24.2. The summed E-state index contributed by atoms with van der Waals surface area (Å²) in [7, 11) is 0. The van der Waals surface area contributed by atoms with Crippen LogP contribution in [0.15, 0.2) is 30.3 Å². The largest absolute Gasteiger partial charge is 0.466 e. The molecule has 1 fully saturated rings. The lowest BCUT2D eigenvalue weighted by Crippen LogP contribution is -2.39. The van der Waals surface area contributed by atoms with E-state index in [0.29, 0.717) is 6.61 Å². The summed E-state index contributed by atoms with van der Waals surface area (Å²) in [6, 6.07) is 10.2. The second-order valence-corrected chi connectivity index (χ2v) is 7.10. The molecule has 2 aliphatic heterocycles. The normalized spacial score (nSPS) is 17.4. The van der Waals surface area contributed by atoms with E-state index in [-0.39, 0.29) is 11.9 Å². The third-order valence-electron chi connectivity index (χ3n) is 5.36. The van der Waals surface area contributed by atoms with Crippen molar-refractivity contribution in [3.8, 4) is 11.4 Å². The van der Waals surface area contributed by atoms with E-state index in [1.54, 1.807) is 0 Å². The van der Waals surface area contributed by atoms with Crippen LogP contribution in [0.5, 0.6) is 0 Å². The quantitative estimate of drug-likeness (QED) is 0.839. The van der Waals surface area contributed by atoms with E-state index in [9.17, 15) is 4.79 Å². The lowest BCUT2D eigenvalue weighted by Gasteiger charge is -2.34. The zero-order chi connectivity index (χ0) is 18.6. The Kier molecular flexibility index (Phi) is 5.34. The fourth-order valence-electron chi connectivity index (χ4n) is 3.89. The molecule has 1 saturated heterocycles. The first-order valence-electron chi connectivity index (χ1n) is 9.83. The Morgan fingerprint density at radius 1 is 1.22 bits per heavy atom. The van der Waals surface area contributed by atoms with Gasteiger partial charge in [0, 0.05) is 43.7 Å². The maximum absolute atomic E-state index is 12.0.